The van der Waals surface area contributed by atoms with Gasteiger partial charge in [-0.25, -0.2) is 14.4 Å². The van der Waals surface area contributed by atoms with Gasteiger partial charge in [-0.1, -0.05) is 30.3 Å². The van der Waals surface area contributed by atoms with Gasteiger partial charge < -0.3 is 15.7 Å². The first kappa shape index (κ1) is 19.4. The highest BCUT2D eigenvalue weighted by atomic mass is 16.7. The Morgan fingerprint density at radius 2 is 2.07 bits per heavy atom. The van der Waals surface area contributed by atoms with E-state index in [9.17, 15) is 14.4 Å². The van der Waals surface area contributed by atoms with E-state index in [4.69, 9.17) is 21.1 Å². The van der Waals surface area contributed by atoms with E-state index in [0.717, 1.165) is 10.2 Å². The molecule has 4 rings (SSSR count). The van der Waals surface area contributed by atoms with E-state index in [0.29, 0.717) is 11.3 Å². The van der Waals surface area contributed by atoms with E-state index < -0.39 is 30.2 Å². The lowest BCUT2D eigenvalue weighted by Gasteiger charge is -2.29. The number of nitrogens with zero attached hydrogens (tertiary/aromatic N) is 4. The standard InChI is InChI=1S/C18H19N7O5/c19-14(21-17(27)28)6-12-15-11(7-24(22-15)16(20)26)13-8-23(12)18(29)25(13)30-9-10-4-2-1-3-5-10/h1-5,7,12-13H,6,8-9H2,(H2,19,21)(H2,20,26)(H,27,28)/t12-,13-/m1/s1. The topological polar surface area (TPSA) is 167 Å². The lowest BCUT2D eigenvalue weighted by atomic mass is 9.96. The minimum Gasteiger partial charge on any atom is -0.465 e. The molecule has 2 bridgehead atoms. The van der Waals surface area contributed by atoms with Crippen LogP contribution in [0.25, 0.3) is 0 Å². The van der Waals surface area contributed by atoms with Crippen LogP contribution in [0.2, 0.25) is 0 Å². The molecule has 1 aromatic carbocycles. The number of benzene rings is 1. The summed E-state index contributed by atoms with van der Waals surface area (Å²) in [7, 11) is 0. The van der Waals surface area contributed by atoms with E-state index in [1.165, 1.54) is 16.2 Å². The molecule has 0 radical (unpaired) electrons. The summed E-state index contributed by atoms with van der Waals surface area (Å²) in [6, 6.07) is 6.85. The Morgan fingerprint density at radius 1 is 1.33 bits per heavy atom. The molecule has 12 nitrogen and oxygen atoms in total. The lowest BCUT2D eigenvalue weighted by Crippen LogP contribution is -2.38. The van der Waals surface area contributed by atoms with E-state index in [1.54, 1.807) is 0 Å². The number of nitrogens with one attached hydrogen (secondary N) is 2. The first-order valence-corrected chi connectivity index (χ1v) is 9.08. The maximum absolute atomic E-state index is 13.0. The molecule has 2 aliphatic heterocycles. The van der Waals surface area contributed by atoms with Crippen LogP contribution in [-0.4, -0.2) is 55.4 Å². The molecule has 2 aromatic rings. The number of hydrogen-bond donors (Lipinski definition) is 4. The number of hydrogen-bond acceptors (Lipinski definition) is 6. The van der Waals surface area contributed by atoms with Gasteiger partial charge in [0.2, 0.25) is 0 Å². The molecular formula is C18H19N7O5. The number of nitrogens with two attached hydrogens (primary N) is 1. The monoisotopic (exact) mass is 413 g/mol. The first-order chi connectivity index (χ1) is 14.3. The fraction of sp³-hybridized carbons (Fsp3) is 0.278. The Bertz CT molecular complexity index is 1020. The number of amidine groups is 1. The van der Waals surface area contributed by atoms with Crippen molar-refractivity contribution in [3.63, 3.8) is 0 Å². The van der Waals surface area contributed by atoms with Gasteiger partial charge in [0, 0.05) is 18.2 Å². The Labute approximate surface area is 170 Å². The van der Waals surface area contributed by atoms with Gasteiger partial charge in [-0.2, -0.15) is 14.8 Å². The average molecular weight is 413 g/mol. The largest absolute Gasteiger partial charge is 0.465 e. The van der Waals surface area contributed by atoms with Gasteiger partial charge in [0.05, 0.1) is 18.3 Å². The second kappa shape index (κ2) is 7.48. The fourth-order valence-electron chi connectivity index (χ4n) is 3.70. The van der Waals surface area contributed by atoms with Gasteiger partial charge in [0.1, 0.15) is 18.5 Å². The summed E-state index contributed by atoms with van der Waals surface area (Å²) in [5.41, 5.74) is 7.15. The van der Waals surface area contributed by atoms with E-state index in [1.807, 2.05) is 35.6 Å². The minimum absolute atomic E-state index is 0.125. The van der Waals surface area contributed by atoms with Crippen molar-refractivity contribution >= 4 is 24.0 Å². The number of carboxylic acid groups (broad SMARTS) is 1. The zero-order chi connectivity index (χ0) is 21.4. The average Bonchev–Trinajstić information content (AvgIpc) is 3.26. The quantitative estimate of drug-likeness (QED) is 0.427. The molecule has 5 N–H and O–H groups in total. The number of aromatic nitrogens is 2. The smallest absolute Gasteiger partial charge is 0.410 e. The number of rotatable bonds is 5. The third kappa shape index (κ3) is 3.43. The summed E-state index contributed by atoms with van der Waals surface area (Å²) in [6.07, 6.45) is -0.0597. The van der Waals surface area contributed by atoms with Crippen LogP contribution in [0.5, 0.6) is 0 Å². The lowest BCUT2D eigenvalue weighted by molar-refractivity contribution is -0.141. The number of amides is 4. The van der Waals surface area contributed by atoms with Crippen LogP contribution in [-0.2, 0) is 11.4 Å². The molecule has 1 saturated heterocycles. The SMILES string of the molecule is N=C(C[C@@H]1c2nn(C(N)=O)cc2[C@H]2CN1C(=O)N2OCc1ccccc1)NC(=O)O. The molecule has 2 atom stereocenters. The molecule has 0 unspecified atom stereocenters. The molecule has 3 heterocycles. The molecule has 0 spiro atoms. The molecule has 1 fully saturated rings. The summed E-state index contributed by atoms with van der Waals surface area (Å²) in [6.45, 7) is 0.410. The summed E-state index contributed by atoms with van der Waals surface area (Å²) in [5.74, 6) is -0.304. The Morgan fingerprint density at radius 3 is 2.73 bits per heavy atom. The van der Waals surface area contributed by atoms with E-state index >= 15 is 0 Å². The van der Waals surface area contributed by atoms with Gasteiger partial charge >= 0.3 is 18.2 Å². The molecule has 1 aromatic heterocycles. The van der Waals surface area contributed by atoms with E-state index in [2.05, 4.69) is 5.10 Å². The molecule has 156 valence electrons. The molecule has 0 aliphatic carbocycles. The summed E-state index contributed by atoms with van der Waals surface area (Å²) in [5, 5.41) is 24.1. The zero-order valence-corrected chi connectivity index (χ0v) is 15.7. The van der Waals surface area contributed by atoms with Crippen molar-refractivity contribution < 1.29 is 24.3 Å². The van der Waals surface area contributed by atoms with Crippen LogP contribution in [0.4, 0.5) is 14.4 Å². The molecule has 0 saturated carbocycles. The summed E-state index contributed by atoms with van der Waals surface area (Å²) in [4.78, 5) is 42.7. The second-order valence-corrected chi connectivity index (χ2v) is 6.92. The number of urea groups is 1. The van der Waals surface area contributed by atoms with Crippen LogP contribution in [0.3, 0.4) is 0 Å². The van der Waals surface area contributed by atoms with Crippen LogP contribution >= 0.6 is 0 Å². The molecule has 30 heavy (non-hydrogen) atoms. The van der Waals surface area contributed by atoms with Crippen LogP contribution < -0.4 is 11.1 Å². The van der Waals surface area contributed by atoms with Crippen molar-refractivity contribution in [1.82, 2.24) is 25.1 Å². The van der Waals surface area contributed by atoms with Crippen molar-refractivity contribution in [3.8, 4) is 0 Å². The zero-order valence-electron chi connectivity index (χ0n) is 15.7. The highest BCUT2D eigenvalue weighted by Crippen LogP contribution is 2.44. The van der Waals surface area contributed by atoms with E-state index in [-0.39, 0.29) is 25.4 Å². The number of carbonyl (C=O) groups is 3. The van der Waals surface area contributed by atoms with Crippen LogP contribution in [0.1, 0.15) is 35.3 Å². The predicted octanol–water partition coefficient (Wildman–Crippen LogP) is 1.41. The first-order valence-electron chi connectivity index (χ1n) is 9.08. The highest BCUT2D eigenvalue weighted by molar-refractivity contribution is 5.93. The third-order valence-corrected chi connectivity index (χ3v) is 5.00. The van der Waals surface area contributed by atoms with Crippen LogP contribution in [0.15, 0.2) is 36.5 Å². The van der Waals surface area contributed by atoms with Crippen molar-refractivity contribution in [1.29, 1.82) is 5.41 Å². The molecule has 2 aliphatic rings. The number of hydroxylamine groups is 2. The van der Waals surface area contributed by atoms with Crippen LogP contribution in [0, 0.1) is 5.41 Å². The summed E-state index contributed by atoms with van der Waals surface area (Å²) < 4.78 is 0.966. The van der Waals surface area contributed by atoms with Gasteiger partial charge in [0.15, 0.2) is 0 Å². The summed E-state index contributed by atoms with van der Waals surface area (Å²) >= 11 is 0. The Hall–Kier alpha value is -3.93. The number of primary amides is 1. The molecule has 12 heteroatoms. The predicted molar refractivity (Wildman–Crippen MR) is 101 cm³/mol. The van der Waals surface area contributed by atoms with Gasteiger partial charge in [-0.3, -0.25) is 15.6 Å². The maximum atomic E-state index is 13.0. The van der Waals surface area contributed by atoms with Gasteiger partial charge in [-0.15, -0.1) is 0 Å². The minimum atomic E-state index is -1.38. The van der Waals surface area contributed by atoms with Crippen molar-refractivity contribution in [2.45, 2.75) is 25.1 Å². The van der Waals surface area contributed by atoms with Gasteiger partial charge in [0.25, 0.3) is 0 Å². The molecular weight excluding hydrogens is 394 g/mol. The molecule has 4 amide bonds. The normalized spacial score (nSPS) is 19.5. The van der Waals surface area contributed by atoms with Crippen molar-refractivity contribution in [2.24, 2.45) is 5.73 Å². The van der Waals surface area contributed by atoms with Crippen molar-refractivity contribution in [3.05, 3.63) is 53.3 Å². The second-order valence-electron chi connectivity index (χ2n) is 6.92. The van der Waals surface area contributed by atoms with Gasteiger partial charge in [-0.05, 0) is 5.56 Å². The number of carbonyl (C=O) groups excluding carboxylic acids is 2. The Kier molecular flexibility index (Phi) is 4.83. The van der Waals surface area contributed by atoms with Crippen molar-refractivity contribution in [2.75, 3.05) is 6.54 Å². The fourth-order valence-corrected chi connectivity index (χ4v) is 3.70. The maximum Gasteiger partial charge on any atom is 0.410 e. The number of fused-ring (bicyclic) bond motifs is 4. The Balaban J connectivity index is 1.63. The highest BCUT2D eigenvalue weighted by Gasteiger charge is 2.50. The third-order valence-electron chi connectivity index (χ3n) is 5.00.